The van der Waals surface area contributed by atoms with Crippen molar-refractivity contribution in [1.29, 1.82) is 0 Å². The van der Waals surface area contributed by atoms with Gasteiger partial charge in [-0.25, -0.2) is 4.79 Å². The monoisotopic (exact) mass is 309 g/mol. The van der Waals surface area contributed by atoms with Gasteiger partial charge in [0, 0.05) is 25.2 Å². The Hall–Kier alpha value is -2.05. The van der Waals surface area contributed by atoms with Gasteiger partial charge in [-0.1, -0.05) is 0 Å². The molecule has 1 amide bonds. The molecule has 1 N–H and O–H groups in total. The van der Waals surface area contributed by atoms with E-state index in [0.29, 0.717) is 13.1 Å². The van der Waals surface area contributed by atoms with E-state index in [-0.39, 0.29) is 18.6 Å². The van der Waals surface area contributed by atoms with Crippen molar-refractivity contribution in [2.24, 2.45) is 0 Å². The van der Waals surface area contributed by atoms with Gasteiger partial charge in [-0.05, 0) is 39.7 Å². The molecule has 0 radical (unpaired) electrons. The second-order valence-corrected chi connectivity index (χ2v) is 6.57. The van der Waals surface area contributed by atoms with Crippen LogP contribution >= 0.6 is 0 Å². The maximum atomic E-state index is 12.0. The Balaban J connectivity index is 1.88. The van der Waals surface area contributed by atoms with Crippen molar-refractivity contribution in [3.63, 3.8) is 0 Å². The molecule has 0 spiro atoms. The van der Waals surface area contributed by atoms with Gasteiger partial charge in [0.25, 0.3) is 0 Å². The highest BCUT2D eigenvalue weighted by Crippen LogP contribution is 2.27. The van der Waals surface area contributed by atoms with Crippen molar-refractivity contribution in [2.75, 3.05) is 13.1 Å². The van der Waals surface area contributed by atoms with E-state index in [2.05, 4.69) is 5.10 Å². The van der Waals surface area contributed by atoms with E-state index in [1.807, 2.05) is 26.8 Å². The largest absolute Gasteiger partial charge is 0.480 e. The van der Waals surface area contributed by atoms with Gasteiger partial charge >= 0.3 is 12.1 Å². The van der Waals surface area contributed by atoms with Crippen LogP contribution in [-0.4, -0.2) is 50.5 Å². The molecule has 1 saturated heterocycles. The number of rotatable bonds is 3. The lowest BCUT2D eigenvalue weighted by molar-refractivity contribution is -0.137. The summed E-state index contributed by atoms with van der Waals surface area (Å²) in [7, 11) is 0. The number of amides is 1. The number of likely N-dealkylation sites (tertiary alicyclic amines) is 1. The van der Waals surface area contributed by atoms with Gasteiger partial charge in [-0.3, -0.25) is 9.48 Å². The molecule has 7 nitrogen and oxygen atoms in total. The number of aromatic nitrogens is 2. The Labute approximate surface area is 129 Å². The van der Waals surface area contributed by atoms with Crippen molar-refractivity contribution in [1.82, 2.24) is 14.7 Å². The lowest BCUT2D eigenvalue weighted by Gasteiger charge is -2.32. The number of carbonyl (C=O) groups is 2. The maximum Gasteiger partial charge on any atom is 0.410 e. The Bertz CT molecular complexity index is 539. The molecule has 0 atom stereocenters. The third kappa shape index (κ3) is 4.47. The number of piperidine rings is 1. The third-order valence-electron chi connectivity index (χ3n) is 3.52. The van der Waals surface area contributed by atoms with Crippen molar-refractivity contribution < 1.29 is 19.4 Å². The van der Waals surface area contributed by atoms with Crippen LogP contribution in [0.25, 0.3) is 0 Å². The van der Waals surface area contributed by atoms with Crippen LogP contribution in [-0.2, 0) is 16.1 Å². The highest BCUT2D eigenvalue weighted by atomic mass is 16.6. The van der Waals surface area contributed by atoms with Gasteiger partial charge < -0.3 is 14.7 Å². The van der Waals surface area contributed by atoms with Crippen LogP contribution in [0, 0.1) is 0 Å². The van der Waals surface area contributed by atoms with Gasteiger partial charge in [0.2, 0.25) is 0 Å². The van der Waals surface area contributed by atoms with Gasteiger partial charge in [-0.15, -0.1) is 0 Å². The summed E-state index contributed by atoms with van der Waals surface area (Å²) in [6.07, 6.45) is 3.03. The topological polar surface area (TPSA) is 84.7 Å². The Kier molecular flexibility index (Phi) is 4.73. The predicted octanol–water partition coefficient (Wildman–Crippen LogP) is 2.08. The van der Waals surface area contributed by atoms with Gasteiger partial charge in [0.1, 0.15) is 12.1 Å². The smallest absolute Gasteiger partial charge is 0.410 e. The quantitative estimate of drug-likeness (QED) is 0.924. The lowest BCUT2D eigenvalue weighted by atomic mass is 9.94. The summed E-state index contributed by atoms with van der Waals surface area (Å²) in [4.78, 5) is 24.4. The number of nitrogens with zero attached hydrogens (tertiary/aromatic N) is 3. The number of carbonyl (C=O) groups excluding carboxylic acids is 1. The zero-order chi connectivity index (χ0) is 16.3. The van der Waals surface area contributed by atoms with Crippen LogP contribution in [0.1, 0.15) is 45.2 Å². The lowest BCUT2D eigenvalue weighted by Crippen LogP contribution is -2.41. The van der Waals surface area contributed by atoms with Crippen LogP contribution < -0.4 is 0 Å². The molecule has 0 aliphatic carbocycles. The minimum atomic E-state index is -0.908. The Morgan fingerprint density at radius 3 is 2.55 bits per heavy atom. The number of ether oxygens (including phenoxy) is 1. The molecule has 1 aromatic rings. The number of carboxylic acids is 1. The molecular weight excluding hydrogens is 286 g/mol. The zero-order valence-electron chi connectivity index (χ0n) is 13.3. The molecular formula is C15H23N3O4. The van der Waals surface area contributed by atoms with Crippen molar-refractivity contribution in [3.05, 3.63) is 18.0 Å². The number of aliphatic carboxylic acids is 1. The molecule has 1 aliphatic heterocycles. The van der Waals surface area contributed by atoms with Gasteiger partial charge in [0.05, 0.1) is 5.69 Å². The van der Waals surface area contributed by atoms with Crippen LogP contribution in [0.5, 0.6) is 0 Å². The minimum absolute atomic E-state index is 0.128. The minimum Gasteiger partial charge on any atom is -0.480 e. The van der Waals surface area contributed by atoms with Crippen LogP contribution in [0.15, 0.2) is 12.3 Å². The standard InChI is InChI=1S/C15H23N3O4/c1-15(2,3)22-14(21)17-7-4-11(5-8-17)12-6-9-18(16-12)10-13(19)20/h6,9,11H,4-5,7-8,10H2,1-3H3,(H,19,20). The summed E-state index contributed by atoms with van der Waals surface area (Å²) in [5.74, 6) is -0.650. The second kappa shape index (κ2) is 6.37. The number of carboxylic acid groups (broad SMARTS) is 1. The fourth-order valence-electron chi connectivity index (χ4n) is 2.51. The third-order valence-corrected chi connectivity index (χ3v) is 3.52. The molecule has 2 heterocycles. The van der Waals surface area contributed by atoms with E-state index in [0.717, 1.165) is 18.5 Å². The fourth-order valence-corrected chi connectivity index (χ4v) is 2.51. The van der Waals surface area contributed by atoms with E-state index in [1.54, 1.807) is 11.1 Å². The molecule has 1 aromatic heterocycles. The van der Waals surface area contributed by atoms with E-state index < -0.39 is 11.6 Å². The Morgan fingerprint density at radius 1 is 1.36 bits per heavy atom. The summed E-state index contributed by atoms with van der Waals surface area (Å²) < 4.78 is 6.80. The maximum absolute atomic E-state index is 12.0. The van der Waals surface area contributed by atoms with Crippen LogP contribution in [0.2, 0.25) is 0 Å². The Morgan fingerprint density at radius 2 is 2.00 bits per heavy atom. The molecule has 0 saturated carbocycles. The molecule has 2 rings (SSSR count). The highest BCUT2D eigenvalue weighted by molar-refractivity contribution is 5.68. The summed E-state index contributed by atoms with van der Waals surface area (Å²) in [6.45, 7) is 6.69. The molecule has 7 heteroatoms. The van der Waals surface area contributed by atoms with Gasteiger partial charge in [-0.2, -0.15) is 5.10 Å². The van der Waals surface area contributed by atoms with E-state index in [4.69, 9.17) is 9.84 Å². The van der Waals surface area contributed by atoms with E-state index >= 15 is 0 Å². The summed E-state index contributed by atoms with van der Waals surface area (Å²) in [5, 5.41) is 13.1. The fraction of sp³-hybridized carbons (Fsp3) is 0.667. The van der Waals surface area contributed by atoms with Crippen molar-refractivity contribution in [3.8, 4) is 0 Å². The molecule has 0 unspecified atom stereocenters. The number of hydrogen-bond donors (Lipinski definition) is 1. The summed E-state index contributed by atoms with van der Waals surface area (Å²) >= 11 is 0. The molecule has 0 bridgehead atoms. The summed E-state index contributed by atoms with van der Waals surface area (Å²) in [5.41, 5.74) is 0.411. The van der Waals surface area contributed by atoms with E-state index in [1.165, 1.54) is 4.68 Å². The SMILES string of the molecule is CC(C)(C)OC(=O)N1CCC(c2ccn(CC(=O)O)n2)CC1. The average Bonchev–Trinajstić information content (AvgIpc) is 2.84. The zero-order valence-corrected chi connectivity index (χ0v) is 13.3. The van der Waals surface area contributed by atoms with Crippen LogP contribution in [0.4, 0.5) is 4.79 Å². The second-order valence-electron chi connectivity index (χ2n) is 6.57. The van der Waals surface area contributed by atoms with Crippen molar-refractivity contribution >= 4 is 12.1 Å². The average molecular weight is 309 g/mol. The van der Waals surface area contributed by atoms with Crippen LogP contribution in [0.3, 0.4) is 0 Å². The normalized spacial score (nSPS) is 16.6. The van der Waals surface area contributed by atoms with E-state index in [9.17, 15) is 9.59 Å². The predicted molar refractivity (Wildman–Crippen MR) is 79.6 cm³/mol. The molecule has 122 valence electrons. The number of hydrogen-bond acceptors (Lipinski definition) is 4. The summed E-state index contributed by atoms with van der Waals surface area (Å²) in [6, 6.07) is 1.86. The van der Waals surface area contributed by atoms with Gasteiger partial charge in [0.15, 0.2) is 0 Å². The first kappa shape index (κ1) is 16.3. The molecule has 1 fully saturated rings. The molecule has 1 aliphatic rings. The first-order valence-corrected chi connectivity index (χ1v) is 7.47. The molecule has 22 heavy (non-hydrogen) atoms. The van der Waals surface area contributed by atoms with Crippen molar-refractivity contribution in [2.45, 2.75) is 51.7 Å². The first-order valence-electron chi connectivity index (χ1n) is 7.47. The highest BCUT2D eigenvalue weighted by Gasteiger charge is 2.28. The molecule has 0 aromatic carbocycles. The first-order chi connectivity index (χ1) is 10.2.